The summed E-state index contributed by atoms with van der Waals surface area (Å²) in [5.74, 6) is 0.0383. The van der Waals surface area contributed by atoms with Gasteiger partial charge in [0, 0.05) is 16.1 Å². The second kappa shape index (κ2) is 6.39. The highest BCUT2D eigenvalue weighted by Gasteiger charge is 2.08. The summed E-state index contributed by atoms with van der Waals surface area (Å²) in [6.07, 6.45) is 0. The van der Waals surface area contributed by atoms with E-state index in [4.69, 9.17) is 45.9 Å². The molecule has 0 spiro atoms. The number of benzene rings is 2. The molecule has 0 atom stereocenters. The molecule has 2 aromatic rings. The minimum absolute atomic E-state index is 0.0263. The Labute approximate surface area is 131 Å². The van der Waals surface area contributed by atoms with Crippen molar-refractivity contribution >= 4 is 40.4 Å². The predicted molar refractivity (Wildman–Crippen MR) is 83.1 cm³/mol. The first-order valence-electron chi connectivity index (χ1n) is 5.63. The van der Waals surface area contributed by atoms with Gasteiger partial charge in [0.05, 0.1) is 5.02 Å². The second-order valence-electron chi connectivity index (χ2n) is 4.03. The molecule has 0 fully saturated rings. The van der Waals surface area contributed by atoms with E-state index in [0.717, 1.165) is 0 Å². The summed E-state index contributed by atoms with van der Waals surface area (Å²) in [4.78, 5) is 0.249. The molecule has 104 valence electrons. The van der Waals surface area contributed by atoms with Gasteiger partial charge in [0.2, 0.25) is 0 Å². The zero-order valence-corrected chi connectivity index (χ0v) is 12.5. The van der Waals surface area contributed by atoms with E-state index in [1.165, 1.54) is 18.2 Å². The molecule has 0 saturated heterocycles. The maximum atomic E-state index is 13.5. The van der Waals surface area contributed by atoms with Gasteiger partial charge in [0.25, 0.3) is 0 Å². The molecule has 20 heavy (non-hydrogen) atoms. The Morgan fingerprint density at radius 2 is 1.95 bits per heavy atom. The SMILES string of the molecule is NC(=S)c1ccc(OCc2cc(Cl)ccc2F)c(Cl)c1. The van der Waals surface area contributed by atoms with Gasteiger partial charge in [-0.1, -0.05) is 35.4 Å². The van der Waals surface area contributed by atoms with E-state index in [9.17, 15) is 4.39 Å². The van der Waals surface area contributed by atoms with Crippen molar-refractivity contribution in [2.75, 3.05) is 0 Å². The highest BCUT2D eigenvalue weighted by molar-refractivity contribution is 7.80. The van der Waals surface area contributed by atoms with Crippen LogP contribution in [0.2, 0.25) is 10.0 Å². The van der Waals surface area contributed by atoms with Gasteiger partial charge in [0.15, 0.2) is 0 Å². The number of halogens is 3. The Morgan fingerprint density at radius 3 is 2.60 bits per heavy atom. The van der Waals surface area contributed by atoms with Crippen LogP contribution in [-0.2, 0) is 6.61 Å². The van der Waals surface area contributed by atoms with Gasteiger partial charge in [-0.2, -0.15) is 0 Å². The smallest absolute Gasteiger partial charge is 0.138 e. The van der Waals surface area contributed by atoms with Crippen molar-refractivity contribution in [1.82, 2.24) is 0 Å². The van der Waals surface area contributed by atoms with Gasteiger partial charge in [-0.05, 0) is 36.4 Å². The fourth-order valence-electron chi connectivity index (χ4n) is 1.58. The van der Waals surface area contributed by atoms with Crippen LogP contribution in [0.25, 0.3) is 0 Å². The zero-order valence-electron chi connectivity index (χ0n) is 10.2. The number of nitrogens with two attached hydrogens (primary N) is 1. The van der Waals surface area contributed by atoms with Crippen molar-refractivity contribution in [3.63, 3.8) is 0 Å². The third-order valence-electron chi connectivity index (χ3n) is 2.61. The summed E-state index contributed by atoms with van der Waals surface area (Å²) >= 11 is 16.7. The van der Waals surface area contributed by atoms with Crippen molar-refractivity contribution in [3.8, 4) is 5.75 Å². The van der Waals surface area contributed by atoms with Crippen molar-refractivity contribution < 1.29 is 9.13 Å². The van der Waals surface area contributed by atoms with E-state index in [-0.39, 0.29) is 17.4 Å². The van der Waals surface area contributed by atoms with Crippen molar-refractivity contribution in [1.29, 1.82) is 0 Å². The molecule has 2 aromatic carbocycles. The largest absolute Gasteiger partial charge is 0.487 e. The molecule has 2 N–H and O–H groups in total. The molecule has 2 nitrogen and oxygen atoms in total. The highest BCUT2D eigenvalue weighted by atomic mass is 35.5. The molecule has 0 saturated carbocycles. The van der Waals surface area contributed by atoms with Crippen LogP contribution in [0.15, 0.2) is 36.4 Å². The molecule has 0 unspecified atom stereocenters. The fraction of sp³-hybridized carbons (Fsp3) is 0.0714. The van der Waals surface area contributed by atoms with E-state index < -0.39 is 0 Å². The van der Waals surface area contributed by atoms with Gasteiger partial charge < -0.3 is 10.5 Å². The molecule has 0 aliphatic carbocycles. The summed E-state index contributed by atoms with van der Waals surface area (Å²) in [6, 6.07) is 9.21. The van der Waals surface area contributed by atoms with Crippen molar-refractivity contribution in [2.45, 2.75) is 6.61 Å². The fourth-order valence-corrected chi connectivity index (χ4v) is 2.14. The van der Waals surface area contributed by atoms with Crippen LogP contribution in [0.3, 0.4) is 0 Å². The zero-order chi connectivity index (χ0) is 14.7. The van der Waals surface area contributed by atoms with E-state index in [1.807, 2.05) is 0 Å². The lowest BCUT2D eigenvalue weighted by Gasteiger charge is -2.10. The number of ether oxygens (including phenoxy) is 1. The monoisotopic (exact) mass is 329 g/mol. The van der Waals surface area contributed by atoms with Gasteiger partial charge in [-0.25, -0.2) is 4.39 Å². The normalized spacial score (nSPS) is 10.3. The summed E-state index contributed by atoms with van der Waals surface area (Å²) < 4.78 is 19.0. The van der Waals surface area contributed by atoms with Gasteiger partial charge >= 0.3 is 0 Å². The minimum Gasteiger partial charge on any atom is -0.487 e. The van der Waals surface area contributed by atoms with Gasteiger partial charge in [-0.3, -0.25) is 0 Å². The molecule has 0 radical (unpaired) electrons. The molecular formula is C14H10Cl2FNOS. The third kappa shape index (κ3) is 3.60. The molecule has 2 rings (SSSR count). The summed E-state index contributed by atoms with van der Waals surface area (Å²) in [5.41, 5.74) is 6.50. The average Bonchev–Trinajstić information content (AvgIpc) is 2.40. The van der Waals surface area contributed by atoms with Gasteiger partial charge in [-0.15, -0.1) is 0 Å². The molecule has 0 aliphatic rings. The minimum atomic E-state index is -0.384. The highest BCUT2D eigenvalue weighted by Crippen LogP contribution is 2.27. The molecule has 0 aromatic heterocycles. The van der Waals surface area contributed by atoms with Crippen LogP contribution in [0.5, 0.6) is 5.75 Å². The molecule has 0 amide bonds. The Kier molecular flexibility index (Phi) is 4.81. The maximum Gasteiger partial charge on any atom is 0.138 e. The first-order valence-corrected chi connectivity index (χ1v) is 6.80. The standard InChI is InChI=1S/C14H10Cl2FNOS/c15-10-2-3-12(17)9(5-10)7-19-13-4-1-8(14(18)20)6-11(13)16/h1-6H,7H2,(H2,18,20). The molecule has 6 heteroatoms. The quantitative estimate of drug-likeness (QED) is 0.847. The Bertz CT molecular complexity index is 664. The van der Waals surface area contributed by atoms with E-state index in [2.05, 4.69) is 0 Å². The number of hydrogen-bond donors (Lipinski definition) is 1. The first-order chi connectivity index (χ1) is 9.47. The Hall–Kier alpha value is -1.36. The molecule has 0 bridgehead atoms. The maximum absolute atomic E-state index is 13.5. The van der Waals surface area contributed by atoms with Crippen LogP contribution in [-0.4, -0.2) is 4.99 Å². The third-order valence-corrected chi connectivity index (χ3v) is 3.37. The lowest BCUT2D eigenvalue weighted by atomic mass is 10.2. The van der Waals surface area contributed by atoms with Gasteiger partial charge in [0.1, 0.15) is 23.2 Å². The van der Waals surface area contributed by atoms with Crippen LogP contribution in [0.1, 0.15) is 11.1 Å². The Morgan fingerprint density at radius 1 is 1.20 bits per heavy atom. The summed E-state index contributed by atoms with van der Waals surface area (Å²) in [7, 11) is 0. The number of rotatable bonds is 4. The lowest BCUT2D eigenvalue weighted by Crippen LogP contribution is -2.09. The van der Waals surface area contributed by atoms with Crippen molar-refractivity contribution in [3.05, 3.63) is 63.4 Å². The van der Waals surface area contributed by atoms with Crippen LogP contribution in [0.4, 0.5) is 4.39 Å². The topological polar surface area (TPSA) is 35.2 Å². The molecule has 0 aliphatic heterocycles. The van der Waals surface area contributed by atoms with E-state index >= 15 is 0 Å². The van der Waals surface area contributed by atoms with Crippen molar-refractivity contribution in [2.24, 2.45) is 5.73 Å². The average molecular weight is 330 g/mol. The summed E-state index contributed by atoms with van der Waals surface area (Å²) in [5, 5.41) is 0.803. The molecule has 0 heterocycles. The number of hydrogen-bond acceptors (Lipinski definition) is 2. The lowest BCUT2D eigenvalue weighted by molar-refractivity contribution is 0.300. The molecular weight excluding hydrogens is 320 g/mol. The Balaban J connectivity index is 2.15. The summed E-state index contributed by atoms with van der Waals surface area (Å²) in [6.45, 7) is 0.0263. The van der Waals surface area contributed by atoms with Crippen LogP contribution < -0.4 is 10.5 Å². The van der Waals surface area contributed by atoms with Crippen LogP contribution >= 0.6 is 35.4 Å². The van der Waals surface area contributed by atoms with E-state index in [1.54, 1.807) is 18.2 Å². The number of thiocarbonyl (C=S) groups is 1. The van der Waals surface area contributed by atoms with E-state index in [0.29, 0.717) is 26.9 Å². The second-order valence-corrected chi connectivity index (χ2v) is 5.32. The predicted octanol–water partition coefficient (Wildman–Crippen LogP) is 4.35. The first kappa shape index (κ1) is 15.0. The van der Waals surface area contributed by atoms with Crippen LogP contribution in [0, 0.1) is 5.82 Å².